The molecule has 10 nitrogen and oxygen atoms in total. The van der Waals surface area contributed by atoms with Crippen LogP contribution in [0.25, 0.3) is 0 Å². The number of rotatable bonds is 7. The Kier molecular flexibility index (Phi) is 7.50. The molecule has 2 aliphatic heterocycles. The van der Waals surface area contributed by atoms with Crippen molar-refractivity contribution >= 4 is 77.0 Å². The van der Waals surface area contributed by atoms with E-state index in [1.165, 1.54) is 21.3 Å². The Morgan fingerprint density at radius 3 is 2.60 bits per heavy atom. The second kappa shape index (κ2) is 9.97. The van der Waals surface area contributed by atoms with Crippen LogP contribution in [0.15, 0.2) is 30.3 Å². The fraction of sp³-hybridized carbons (Fsp3) is 0.500. The standard InChI is InChI=1S/C20H21Cl3N6O4S2/c1-19(14(34)15-25-26-27-28(15)2)13(18(32)33-9-20(21,22)23)29-16(31)12(17(29)35-19)24-11(30)8-10-6-4-3-5-7-10/h3-7,12-14,17,34H,8-9H2,1-2H3,(H,24,30). The van der Waals surface area contributed by atoms with Crippen LogP contribution in [0, 0.1) is 0 Å². The van der Waals surface area contributed by atoms with Gasteiger partial charge in [-0.3, -0.25) is 9.59 Å². The van der Waals surface area contributed by atoms with E-state index in [1.54, 1.807) is 14.0 Å². The highest BCUT2D eigenvalue weighted by molar-refractivity contribution is 8.02. The second-order valence-electron chi connectivity index (χ2n) is 8.33. The van der Waals surface area contributed by atoms with Gasteiger partial charge in [0.15, 0.2) is 5.82 Å². The molecule has 5 unspecified atom stereocenters. The molecule has 2 amide bonds. The molecule has 1 aromatic carbocycles. The lowest BCUT2D eigenvalue weighted by Crippen LogP contribution is -2.71. The van der Waals surface area contributed by atoms with Crippen molar-refractivity contribution in [2.45, 2.75) is 44.6 Å². The number of esters is 1. The van der Waals surface area contributed by atoms with Crippen molar-refractivity contribution in [1.29, 1.82) is 0 Å². The minimum Gasteiger partial charge on any atom is -0.460 e. The van der Waals surface area contributed by atoms with Crippen LogP contribution in [0.1, 0.15) is 23.6 Å². The summed E-state index contributed by atoms with van der Waals surface area (Å²) in [6, 6.07) is 7.27. The Balaban J connectivity index is 1.57. The van der Waals surface area contributed by atoms with Crippen molar-refractivity contribution in [1.82, 2.24) is 30.4 Å². The van der Waals surface area contributed by atoms with Gasteiger partial charge >= 0.3 is 5.97 Å². The van der Waals surface area contributed by atoms with Crippen LogP contribution in [0.2, 0.25) is 0 Å². The highest BCUT2D eigenvalue weighted by Crippen LogP contribution is 2.57. The number of tetrazole rings is 1. The maximum Gasteiger partial charge on any atom is 0.330 e. The van der Waals surface area contributed by atoms with Gasteiger partial charge in [0.2, 0.25) is 15.6 Å². The third kappa shape index (κ3) is 5.22. The SMILES string of the molecule is Cn1nnnc1C(S)C1(C)SC2C(NC(=O)Cc3ccccc3)C(=O)N2C1C(=O)OCC(Cl)(Cl)Cl. The first-order valence-electron chi connectivity index (χ1n) is 10.4. The number of nitrogens with zero attached hydrogens (tertiary/aromatic N) is 5. The van der Waals surface area contributed by atoms with Gasteiger partial charge < -0.3 is 15.0 Å². The molecule has 188 valence electrons. The highest BCUT2D eigenvalue weighted by Gasteiger charge is 2.68. The number of hydrogen-bond donors (Lipinski definition) is 2. The Morgan fingerprint density at radius 2 is 2.00 bits per heavy atom. The lowest BCUT2D eigenvalue weighted by Gasteiger charge is -2.44. The molecule has 2 aromatic rings. The molecule has 1 N–H and O–H groups in total. The quantitative estimate of drug-likeness (QED) is 0.221. The number of thiol groups is 1. The van der Waals surface area contributed by atoms with Gasteiger partial charge in [0.05, 0.1) is 16.4 Å². The summed E-state index contributed by atoms with van der Waals surface area (Å²) in [5.41, 5.74) is 0.816. The van der Waals surface area contributed by atoms with Crippen molar-refractivity contribution in [3.8, 4) is 0 Å². The van der Waals surface area contributed by atoms with Crippen molar-refractivity contribution in [2.75, 3.05) is 6.61 Å². The molecular formula is C20H21Cl3N6O4S2. The maximum atomic E-state index is 13.2. The van der Waals surface area contributed by atoms with Gasteiger partial charge in [-0.1, -0.05) is 65.1 Å². The predicted molar refractivity (Wildman–Crippen MR) is 134 cm³/mol. The Morgan fingerprint density at radius 1 is 1.31 bits per heavy atom. The summed E-state index contributed by atoms with van der Waals surface area (Å²) in [7, 11) is 1.64. The third-order valence-corrected chi connectivity index (χ3v) is 8.82. The van der Waals surface area contributed by atoms with Crippen LogP contribution in [-0.2, 0) is 32.6 Å². The smallest absolute Gasteiger partial charge is 0.330 e. The van der Waals surface area contributed by atoms with E-state index in [0.717, 1.165) is 5.56 Å². The first kappa shape index (κ1) is 26.3. The van der Waals surface area contributed by atoms with Gasteiger partial charge in [-0.2, -0.15) is 12.6 Å². The van der Waals surface area contributed by atoms with Gasteiger partial charge in [0.25, 0.3) is 0 Å². The number of nitrogens with one attached hydrogen (secondary N) is 1. The molecule has 4 rings (SSSR count). The summed E-state index contributed by atoms with van der Waals surface area (Å²) < 4.78 is 3.84. The number of fused-ring (bicyclic) bond motifs is 1. The number of benzene rings is 1. The van der Waals surface area contributed by atoms with E-state index in [0.29, 0.717) is 5.82 Å². The van der Waals surface area contributed by atoms with Crippen molar-refractivity contribution in [2.24, 2.45) is 7.05 Å². The van der Waals surface area contributed by atoms with Gasteiger partial charge in [-0.05, 0) is 22.9 Å². The van der Waals surface area contributed by atoms with Crippen molar-refractivity contribution < 1.29 is 19.1 Å². The molecule has 0 bridgehead atoms. The Labute approximate surface area is 225 Å². The number of amides is 2. The molecule has 15 heteroatoms. The molecule has 2 aliphatic rings. The number of carbonyl (C=O) groups is 3. The van der Waals surface area contributed by atoms with Crippen molar-refractivity contribution in [3.63, 3.8) is 0 Å². The van der Waals surface area contributed by atoms with Gasteiger partial charge in [-0.15, -0.1) is 16.9 Å². The fourth-order valence-corrected chi connectivity index (χ4v) is 6.60. The molecule has 35 heavy (non-hydrogen) atoms. The summed E-state index contributed by atoms with van der Waals surface area (Å²) in [4.78, 5) is 40.4. The number of ether oxygens (including phenoxy) is 1. The van der Waals surface area contributed by atoms with Crippen molar-refractivity contribution in [3.05, 3.63) is 41.7 Å². The Bertz CT molecular complexity index is 1130. The first-order chi connectivity index (χ1) is 16.4. The lowest BCUT2D eigenvalue weighted by atomic mass is 9.91. The minimum absolute atomic E-state index is 0.119. The largest absolute Gasteiger partial charge is 0.460 e. The number of thioether (sulfide) groups is 1. The molecule has 5 atom stereocenters. The maximum absolute atomic E-state index is 13.2. The van der Waals surface area contributed by atoms with E-state index >= 15 is 0 Å². The minimum atomic E-state index is -1.82. The van der Waals surface area contributed by atoms with E-state index < -0.39 is 49.7 Å². The molecule has 2 fully saturated rings. The number of carbonyl (C=O) groups excluding carboxylic acids is 3. The van der Waals surface area contributed by atoms with E-state index in [2.05, 4.69) is 20.8 Å². The number of halogens is 3. The highest BCUT2D eigenvalue weighted by atomic mass is 35.6. The zero-order valence-electron chi connectivity index (χ0n) is 18.5. The molecule has 2 saturated heterocycles. The van der Waals surface area contributed by atoms with Crippen LogP contribution in [0.4, 0.5) is 0 Å². The monoisotopic (exact) mass is 578 g/mol. The average Bonchev–Trinajstić information content (AvgIpc) is 3.35. The average molecular weight is 580 g/mol. The van der Waals surface area contributed by atoms with E-state index in [9.17, 15) is 14.4 Å². The van der Waals surface area contributed by atoms with Crippen LogP contribution < -0.4 is 5.32 Å². The molecule has 3 heterocycles. The summed E-state index contributed by atoms with van der Waals surface area (Å²) in [5, 5.41) is 13.1. The van der Waals surface area contributed by atoms with E-state index in [1.807, 2.05) is 30.3 Å². The first-order valence-corrected chi connectivity index (χ1v) is 12.9. The summed E-state index contributed by atoms with van der Waals surface area (Å²) >= 11 is 23.3. The third-order valence-electron chi connectivity index (χ3n) is 5.84. The summed E-state index contributed by atoms with van der Waals surface area (Å²) in [6.07, 6.45) is 0.119. The number of aromatic nitrogens is 4. The molecule has 0 saturated carbocycles. The van der Waals surface area contributed by atoms with Crippen LogP contribution in [-0.4, -0.2) is 75.5 Å². The molecule has 0 aliphatic carbocycles. The van der Waals surface area contributed by atoms with Gasteiger partial charge in [0, 0.05) is 7.05 Å². The summed E-state index contributed by atoms with van der Waals surface area (Å²) in [5.74, 6) is -1.09. The number of alkyl halides is 3. The second-order valence-corrected chi connectivity index (χ2v) is 13.0. The molecule has 1 aromatic heterocycles. The molecular weight excluding hydrogens is 559 g/mol. The lowest BCUT2D eigenvalue weighted by molar-refractivity contribution is -0.164. The van der Waals surface area contributed by atoms with Crippen LogP contribution in [0.5, 0.6) is 0 Å². The van der Waals surface area contributed by atoms with Gasteiger partial charge in [-0.25, -0.2) is 9.48 Å². The van der Waals surface area contributed by atoms with Crippen LogP contribution in [0.3, 0.4) is 0 Å². The molecule has 0 radical (unpaired) electrons. The Hall–Kier alpha value is -1.73. The fourth-order valence-electron chi connectivity index (χ4n) is 4.14. The predicted octanol–water partition coefficient (Wildman–Crippen LogP) is 1.86. The van der Waals surface area contributed by atoms with E-state index in [-0.39, 0.29) is 12.3 Å². The molecule has 0 spiro atoms. The number of β-lactam (4-membered cyclic amide) rings is 1. The number of aryl methyl sites for hydroxylation is 1. The zero-order chi connectivity index (χ0) is 25.5. The van der Waals surface area contributed by atoms with E-state index in [4.69, 9.17) is 52.2 Å². The van der Waals surface area contributed by atoms with Crippen LogP contribution >= 0.6 is 59.2 Å². The normalized spacial score (nSPS) is 26.6. The summed E-state index contributed by atoms with van der Waals surface area (Å²) in [6.45, 7) is 1.26. The van der Waals surface area contributed by atoms with Gasteiger partial charge in [0.1, 0.15) is 24.1 Å². The topological polar surface area (TPSA) is 119 Å². The zero-order valence-corrected chi connectivity index (χ0v) is 22.4. The number of hydrogen-bond acceptors (Lipinski definition) is 9.